The summed E-state index contributed by atoms with van der Waals surface area (Å²) in [4.78, 5) is 12.1. The molecule has 2 aromatic rings. The fourth-order valence-corrected chi connectivity index (χ4v) is 2.41. The van der Waals surface area contributed by atoms with Crippen molar-refractivity contribution >= 4 is 5.91 Å². The van der Waals surface area contributed by atoms with Gasteiger partial charge in [-0.05, 0) is 49.4 Å². The summed E-state index contributed by atoms with van der Waals surface area (Å²) in [5.74, 6) is -0.146. The van der Waals surface area contributed by atoms with Gasteiger partial charge in [0.2, 0.25) is 0 Å². The van der Waals surface area contributed by atoms with Gasteiger partial charge in [0.25, 0.3) is 5.91 Å². The van der Waals surface area contributed by atoms with Crippen LogP contribution in [0.3, 0.4) is 0 Å². The number of hydrogen-bond donors (Lipinski definition) is 2. The molecule has 23 heavy (non-hydrogen) atoms. The molecule has 3 heteroatoms. The van der Waals surface area contributed by atoms with E-state index in [9.17, 15) is 9.90 Å². The van der Waals surface area contributed by atoms with Crippen LogP contribution in [0.25, 0.3) is 0 Å². The molecule has 0 aliphatic rings. The molecule has 0 fully saturated rings. The molecule has 3 nitrogen and oxygen atoms in total. The van der Waals surface area contributed by atoms with Crippen LogP contribution in [0.4, 0.5) is 0 Å². The molecule has 122 valence electrons. The van der Waals surface area contributed by atoms with Crippen molar-refractivity contribution in [3.8, 4) is 0 Å². The second kappa shape index (κ2) is 7.93. The van der Waals surface area contributed by atoms with Gasteiger partial charge in [0, 0.05) is 12.1 Å². The van der Waals surface area contributed by atoms with Crippen LogP contribution in [0.5, 0.6) is 0 Å². The lowest BCUT2D eigenvalue weighted by Crippen LogP contribution is -2.41. The van der Waals surface area contributed by atoms with E-state index >= 15 is 0 Å². The summed E-state index contributed by atoms with van der Waals surface area (Å²) in [6.07, 6.45) is 2.34. The second-order valence-electron chi connectivity index (χ2n) is 6.22. The van der Waals surface area contributed by atoms with Crippen LogP contribution in [-0.4, -0.2) is 23.2 Å². The molecule has 2 N–H and O–H groups in total. The molecule has 0 aromatic heterocycles. The molecule has 0 spiro atoms. The molecule has 0 aliphatic carbocycles. The first kappa shape index (κ1) is 17.2. The molecule has 0 bridgehead atoms. The number of aryl methyl sites for hydroxylation is 2. The van der Waals surface area contributed by atoms with Gasteiger partial charge in [-0.15, -0.1) is 0 Å². The topological polar surface area (TPSA) is 49.3 Å². The molecule has 2 rings (SSSR count). The summed E-state index contributed by atoms with van der Waals surface area (Å²) in [5.41, 5.74) is 2.10. The van der Waals surface area contributed by atoms with Crippen molar-refractivity contribution in [1.82, 2.24) is 5.32 Å². The molecular weight excluding hydrogens is 286 g/mol. The third kappa shape index (κ3) is 5.53. The third-order valence-corrected chi connectivity index (χ3v) is 4.05. The Kier molecular flexibility index (Phi) is 5.94. The first-order valence-electron chi connectivity index (χ1n) is 8.13. The average Bonchev–Trinajstić information content (AvgIpc) is 2.59. The van der Waals surface area contributed by atoms with Crippen molar-refractivity contribution < 1.29 is 9.90 Å². The first-order valence-corrected chi connectivity index (χ1v) is 8.13. The quantitative estimate of drug-likeness (QED) is 0.824. The fraction of sp³-hybridized carbons (Fsp3) is 0.350. The zero-order valence-corrected chi connectivity index (χ0v) is 13.9. The Morgan fingerprint density at radius 2 is 1.70 bits per heavy atom. The Morgan fingerprint density at radius 3 is 2.30 bits per heavy atom. The Bertz CT molecular complexity index is 618. The number of benzene rings is 2. The number of rotatable bonds is 7. The van der Waals surface area contributed by atoms with Crippen LogP contribution in [-0.2, 0) is 12.8 Å². The van der Waals surface area contributed by atoms with E-state index in [-0.39, 0.29) is 12.5 Å². The zero-order valence-electron chi connectivity index (χ0n) is 13.9. The van der Waals surface area contributed by atoms with Crippen molar-refractivity contribution in [2.75, 3.05) is 6.54 Å². The monoisotopic (exact) mass is 311 g/mol. The predicted molar refractivity (Wildman–Crippen MR) is 93.5 cm³/mol. The van der Waals surface area contributed by atoms with Crippen molar-refractivity contribution in [3.63, 3.8) is 0 Å². The number of carbonyl (C=O) groups is 1. The van der Waals surface area contributed by atoms with E-state index in [4.69, 9.17) is 0 Å². The highest BCUT2D eigenvalue weighted by Gasteiger charge is 2.21. The number of amides is 1. The van der Waals surface area contributed by atoms with Gasteiger partial charge in [0.05, 0.1) is 5.60 Å². The van der Waals surface area contributed by atoms with Crippen molar-refractivity contribution in [1.29, 1.82) is 0 Å². The largest absolute Gasteiger partial charge is 0.388 e. The van der Waals surface area contributed by atoms with Gasteiger partial charge in [0.1, 0.15) is 0 Å². The second-order valence-corrected chi connectivity index (χ2v) is 6.22. The smallest absolute Gasteiger partial charge is 0.251 e. The lowest BCUT2D eigenvalue weighted by atomic mass is 9.96. The van der Waals surface area contributed by atoms with Crippen LogP contribution >= 0.6 is 0 Å². The Morgan fingerprint density at radius 1 is 1.04 bits per heavy atom. The Balaban J connectivity index is 1.84. The molecular formula is C20H25NO2. The van der Waals surface area contributed by atoms with Crippen LogP contribution in [0.15, 0.2) is 54.6 Å². The standard InChI is InChI=1S/C20H25NO2/c1-3-16-9-11-18(12-10-16)19(22)21-15-20(2,23)14-13-17-7-5-4-6-8-17/h4-12,23H,3,13-15H2,1-2H3,(H,21,22). The van der Waals surface area contributed by atoms with Gasteiger partial charge < -0.3 is 10.4 Å². The highest BCUT2D eigenvalue weighted by atomic mass is 16.3. The minimum Gasteiger partial charge on any atom is -0.388 e. The van der Waals surface area contributed by atoms with E-state index in [1.54, 1.807) is 6.92 Å². The SMILES string of the molecule is CCc1ccc(C(=O)NCC(C)(O)CCc2ccccc2)cc1. The van der Waals surface area contributed by atoms with E-state index in [1.165, 1.54) is 11.1 Å². The minimum atomic E-state index is -0.922. The van der Waals surface area contributed by atoms with E-state index in [2.05, 4.69) is 12.2 Å². The van der Waals surface area contributed by atoms with Crippen LogP contribution < -0.4 is 5.32 Å². The molecule has 0 saturated carbocycles. The van der Waals surface area contributed by atoms with Crippen LogP contribution in [0.2, 0.25) is 0 Å². The lowest BCUT2D eigenvalue weighted by Gasteiger charge is -2.23. The Labute approximate surface area is 138 Å². The third-order valence-electron chi connectivity index (χ3n) is 4.05. The van der Waals surface area contributed by atoms with Crippen LogP contribution in [0, 0.1) is 0 Å². The van der Waals surface area contributed by atoms with Crippen molar-refractivity contribution in [2.24, 2.45) is 0 Å². The van der Waals surface area contributed by atoms with E-state index < -0.39 is 5.60 Å². The number of aliphatic hydroxyl groups is 1. The maximum Gasteiger partial charge on any atom is 0.251 e. The molecule has 1 atom stereocenters. The summed E-state index contributed by atoms with van der Waals surface area (Å²) in [7, 11) is 0. The van der Waals surface area contributed by atoms with Gasteiger partial charge >= 0.3 is 0 Å². The van der Waals surface area contributed by atoms with Gasteiger partial charge in [0.15, 0.2) is 0 Å². The van der Waals surface area contributed by atoms with E-state index in [0.717, 1.165) is 12.8 Å². The number of carbonyl (C=O) groups excluding carboxylic acids is 1. The maximum atomic E-state index is 12.1. The maximum absolute atomic E-state index is 12.1. The first-order chi connectivity index (χ1) is 11.0. The van der Waals surface area contributed by atoms with E-state index in [0.29, 0.717) is 12.0 Å². The molecule has 0 aliphatic heterocycles. The normalized spacial score (nSPS) is 13.3. The summed E-state index contributed by atoms with van der Waals surface area (Å²) in [6, 6.07) is 17.6. The lowest BCUT2D eigenvalue weighted by molar-refractivity contribution is 0.0478. The molecule has 1 unspecified atom stereocenters. The summed E-state index contributed by atoms with van der Waals surface area (Å²) in [6.45, 7) is 4.09. The predicted octanol–water partition coefficient (Wildman–Crippen LogP) is 3.36. The summed E-state index contributed by atoms with van der Waals surface area (Å²) >= 11 is 0. The molecule has 0 radical (unpaired) electrons. The molecule has 2 aromatic carbocycles. The highest BCUT2D eigenvalue weighted by molar-refractivity contribution is 5.94. The van der Waals surface area contributed by atoms with Crippen molar-refractivity contribution in [2.45, 2.75) is 38.7 Å². The Hall–Kier alpha value is -2.13. The van der Waals surface area contributed by atoms with Gasteiger partial charge in [-0.1, -0.05) is 49.4 Å². The van der Waals surface area contributed by atoms with Crippen molar-refractivity contribution in [3.05, 3.63) is 71.3 Å². The minimum absolute atomic E-state index is 0.146. The van der Waals surface area contributed by atoms with E-state index in [1.807, 2.05) is 54.6 Å². The average molecular weight is 311 g/mol. The molecule has 1 amide bonds. The summed E-state index contributed by atoms with van der Waals surface area (Å²) < 4.78 is 0. The summed E-state index contributed by atoms with van der Waals surface area (Å²) in [5, 5.41) is 13.3. The molecule has 0 saturated heterocycles. The zero-order chi connectivity index (χ0) is 16.7. The molecule has 0 heterocycles. The van der Waals surface area contributed by atoms with Gasteiger partial charge in [-0.3, -0.25) is 4.79 Å². The van der Waals surface area contributed by atoms with Crippen LogP contribution in [0.1, 0.15) is 41.8 Å². The highest BCUT2D eigenvalue weighted by Crippen LogP contribution is 2.14. The van der Waals surface area contributed by atoms with Gasteiger partial charge in [-0.2, -0.15) is 0 Å². The number of hydrogen-bond acceptors (Lipinski definition) is 2. The number of nitrogens with one attached hydrogen (secondary N) is 1. The fourth-order valence-electron chi connectivity index (χ4n) is 2.41. The van der Waals surface area contributed by atoms with Gasteiger partial charge in [-0.25, -0.2) is 0 Å².